The van der Waals surface area contributed by atoms with Crippen LogP contribution in [0, 0.1) is 0 Å². The molecule has 3 rings (SSSR count). The summed E-state index contributed by atoms with van der Waals surface area (Å²) in [4.78, 5) is 8.07. The molecule has 0 bridgehead atoms. The minimum atomic E-state index is 0.265. The van der Waals surface area contributed by atoms with Crippen molar-refractivity contribution in [3.05, 3.63) is 48.8 Å². The van der Waals surface area contributed by atoms with Crippen LogP contribution in [-0.4, -0.2) is 15.1 Å². The number of nitrogen functional groups attached to an aromatic ring is 1. The molecule has 0 fully saturated rings. The fourth-order valence-electron chi connectivity index (χ4n) is 1.92. The molecular weight excluding hydrogens is 226 g/mol. The lowest BCUT2D eigenvalue weighted by atomic mass is 10.0. The van der Waals surface area contributed by atoms with Gasteiger partial charge < -0.3 is 10.8 Å². The first-order chi connectivity index (χ1) is 8.72. The third-order valence-electron chi connectivity index (χ3n) is 2.81. The third-order valence-corrected chi connectivity index (χ3v) is 2.81. The van der Waals surface area contributed by atoms with Crippen molar-refractivity contribution in [3.8, 4) is 17.0 Å². The van der Waals surface area contributed by atoms with E-state index in [2.05, 4.69) is 9.97 Å². The Morgan fingerprint density at radius 2 is 1.67 bits per heavy atom. The van der Waals surface area contributed by atoms with Crippen LogP contribution in [0.3, 0.4) is 0 Å². The summed E-state index contributed by atoms with van der Waals surface area (Å²) in [7, 11) is 0. The number of hydrogen-bond acceptors (Lipinski definition) is 4. The van der Waals surface area contributed by atoms with E-state index in [0.29, 0.717) is 5.82 Å². The van der Waals surface area contributed by atoms with Gasteiger partial charge in [0.25, 0.3) is 0 Å². The second-order valence-corrected chi connectivity index (χ2v) is 4.07. The van der Waals surface area contributed by atoms with Gasteiger partial charge in [-0.05, 0) is 29.0 Å². The Morgan fingerprint density at radius 1 is 0.889 bits per heavy atom. The van der Waals surface area contributed by atoms with Crippen molar-refractivity contribution in [3.63, 3.8) is 0 Å². The smallest absolute Gasteiger partial charge is 0.127 e. The van der Waals surface area contributed by atoms with E-state index in [9.17, 15) is 5.11 Å². The van der Waals surface area contributed by atoms with Gasteiger partial charge >= 0.3 is 0 Å². The SMILES string of the molecule is Nc1cc(-c2ccc3cc(O)ccc3c2)ncn1. The maximum absolute atomic E-state index is 9.42. The highest BCUT2D eigenvalue weighted by Gasteiger charge is 2.02. The Hall–Kier alpha value is -2.62. The number of nitrogens with zero attached hydrogens (tertiary/aromatic N) is 2. The number of hydrogen-bond donors (Lipinski definition) is 2. The fraction of sp³-hybridized carbons (Fsp3) is 0. The Morgan fingerprint density at radius 3 is 2.50 bits per heavy atom. The molecule has 0 aliphatic carbocycles. The lowest BCUT2D eigenvalue weighted by Gasteiger charge is -2.04. The number of nitrogens with two attached hydrogens (primary N) is 1. The Balaban J connectivity index is 2.16. The van der Waals surface area contributed by atoms with Gasteiger partial charge in [-0.2, -0.15) is 0 Å². The van der Waals surface area contributed by atoms with Crippen LogP contribution in [0.15, 0.2) is 48.8 Å². The standard InChI is InChI=1S/C14H11N3O/c15-14-7-13(16-8-17-14)11-2-1-10-6-12(18)4-3-9(10)5-11/h1-8,18H,(H2,15,16,17). The molecule has 0 unspecified atom stereocenters. The molecule has 0 atom stereocenters. The highest BCUT2D eigenvalue weighted by atomic mass is 16.3. The first kappa shape index (κ1) is 10.5. The van der Waals surface area contributed by atoms with Crippen molar-refractivity contribution < 1.29 is 5.11 Å². The van der Waals surface area contributed by atoms with Crippen LogP contribution in [0.25, 0.3) is 22.0 Å². The second-order valence-electron chi connectivity index (χ2n) is 4.07. The molecule has 0 amide bonds. The van der Waals surface area contributed by atoms with E-state index < -0.39 is 0 Å². The van der Waals surface area contributed by atoms with E-state index in [-0.39, 0.29) is 5.75 Å². The molecule has 0 aliphatic rings. The van der Waals surface area contributed by atoms with E-state index in [1.165, 1.54) is 6.33 Å². The molecular formula is C14H11N3O. The quantitative estimate of drug-likeness (QED) is 0.682. The molecule has 3 N–H and O–H groups in total. The Kier molecular flexibility index (Phi) is 2.34. The molecule has 0 aliphatic heterocycles. The van der Waals surface area contributed by atoms with Crippen molar-refractivity contribution in [1.29, 1.82) is 0 Å². The van der Waals surface area contributed by atoms with E-state index in [4.69, 9.17) is 5.73 Å². The van der Waals surface area contributed by atoms with Crippen LogP contribution < -0.4 is 5.73 Å². The van der Waals surface area contributed by atoms with Gasteiger partial charge in [-0.25, -0.2) is 9.97 Å². The van der Waals surface area contributed by atoms with Gasteiger partial charge in [0, 0.05) is 11.6 Å². The van der Waals surface area contributed by atoms with Crippen molar-refractivity contribution in [1.82, 2.24) is 9.97 Å². The number of rotatable bonds is 1. The van der Waals surface area contributed by atoms with Gasteiger partial charge in [0.05, 0.1) is 5.69 Å². The predicted octanol–water partition coefficient (Wildman–Crippen LogP) is 2.58. The van der Waals surface area contributed by atoms with Gasteiger partial charge in [0.2, 0.25) is 0 Å². The van der Waals surface area contributed by atoms with Crippen molar-refractivity contribution >= 4 is 16.6 Å². The third kappa shape index (κ3) is 1.84. The van der Waals surface area contributed by atoms with Crippen LogP contribution in [0.5, 0.6) is 5.75 Å². The number of fused-ring (bicyclic) bond motifs is 1. The number of anilines is 1. The maximum Gasteiger partial charge on any atom is 0.127 e. The van der Waals surface area contributed by atoms with Gasteiger partial charge in [0.1, 0.15) is 17.9 Å². The lowest BCUT2D eigenvalue weighted by molar-refractivity contribution is 0.476. The molecule has 0 saturated carbocycles. The minimum Gasteiger partial charge on any atom is -0.508 e. The van der Waals surface area contributed by atoms with E-state index in [1.54, 1.807) is 18.2 Å². The van der Waals surface area contributed by atoms with Gasteiger partial charge in [0.15, 0.2) is 0 Å². The summed E-state index contributed by atoms with van der Waals surface area (Å²) in [6.07, 6.45) is 1.45. The Bertz CT molecular complexity index is 725. The number of aromatic hydroxyl groups is 1. The minimum absolute atomic E-state index is 0.265. The summed E-state index contributed by atoms with van der Waals surface area (Å²) < 4.78 is 0. The zero-order valence-corrected chi connectivity index (χ0v) is 9.54. The molecule has 4 nitrogen and oxygen atoms in total. The topological polar surface area (TPSA) is 72.0 Å². The first-order valence-corrected chi connectivity index (χ1v) is 5.53. The molecule has 0 saturated heterocycles. The summed E-state index contributed by atoms with van der Waals surface area (Å²) in [5, 5.41) is 11.4. The summed E-state index contributed by atoms with van der Waals surface area (Å²) in [6, 6.07) is 12.9. The van der Waals surface area contributed by atoms with Crippen LogP contribution >= 0.6 is 0 Å². The Labute approximate surface area is 104 Å². The molecule has 4 heteroatoms. The molecule has 1 heterocycles. The van der Waals surface area contributed by atoms with Crippen molar-refractivity contribution in [2.45, 2.75) is 0 Å². The van der Waals surface area contributed by atoms with Crippen molar-refractivity contribution in [2.75, 3.05) is 5.73 Å². The second kappa shape index (κ2) is 4.00. The average Bonchev–Trinajstić information content (AvgIpc) is 2.38. The van der Waals surface area contributed by atoms with Crippen LogP contribution in [0.4, 0.5) is 5.82 Å². The number of phenols is 1. The van der Waals surface area contributed by atoms with Crippen LogP contribution in [-0.2, 0) is 0 Å². The average molecular weight is 237 g/mol. The molecule has 0 radical (unpaired) electrons. The van der Waals surface area contributed by atoms with Gasteiger partial charge in [-0.1, -0.05) is 18.2 Å². The monoisotopic (exact) mass is 237 g/mol. The van der Waals surface area contributed by atoms with E-state index >= 15 is 0 Å². The predicted molar refractivity (Wildman–Crippen MR) is 71.1 cm³/mol. The molecule has 0 spiro atoms. The summed E-state index contributed by atoms with van der Waals surface area (Å²) in [5.41, 5.74) is 7.41. The molecule has 18 heavy (non-hydrogen) atoms. The summed E-state index contributed by atoms with van der Waals surface area (Å²) >= 11 is 0. The zero-order chi connectivity index (χ0) is 12.5. The maximum atomic E-state index is 9.42. The van der Waals surface area contributed by atoms with Crippen LogP contribution in [0.1, 0.15) is 0 Å². The first-order valence-electron chi connectivity index (χ1n) is 5.53. The lowest BCUT2D eigenvalue weighted by Crippen LogP contribution is -1.92. The van der Waals surface area contributed by atoms with E-state index in [1.807, 2.05) is 24.3 Å². The number of phenolic OH excluding ortho intramolecular Hbond substituents is 1. The highest BCUT2D eigenvalue weighted by molar-refractivity contribution is 5.88. The van der Waals surface area contributed by atoms with Gasteiger partial charge in [-0.15, -0.1) is 0 Å². The van der Waals surface area contributed by atoms with Crippen LogP contribution in [0.2, 0.25) is 0 Å². The highest BCUT2D eigenvalue weighted by Crippen LogP contribution is 2.25. The molecule has 3 aromatic rings. The normalized spacial score (nSPS) is 10.7. The van der Waals surface area contributed by atoms with Gasteiger partial charge in [-0.3, -0.25) is 0 Å². The summed E-state index contributed by atoms with van der Waals surface area (Å²) in [5.74, 6) is 0.715. The van der Waals surface area contributed by atoms with E-state index in [0.717, 1.165) is 22.0 Å². The zero-order valence-electron chi connectivity index (χ0n) is 9.54. The largest absolute Gasteiger partial charge is 0.508 e. The van der Waals surface area contributed by atoms with Crippen molar-refractivity contribution in [2.24, 2.45) is 0 Å². The summed E-state index contributed by atoms with van der Waals surface area (Å²) in [6.45, 7) is 0. The number of aromatic nitrogens is 2. The molecule has 88 valence electrons. The fourth-order valence-corrected chi connectivity index (χ4v) is 1.92. The number of benzene rings is 2. The molecule has 1 aromatic heterocycles. The molecule has 2 aromatic carbocycles.